The van der Waals surface area contributed by atoms with Crippen molar-refractivity contribution in [2.75, 3.05) is 6.54 Å². The zero-order valence-corrected chi connectivity index (χ0v) is 8.14. The molecule has 1 heteroatoms. The van der Waals surface area contributed by atoms with Crippen molar-refractivity contribution in [2.45, 2.75) is 20.3 Å². The van der Waals surface area contributed by atoms with Gasteiger partial charge in [0.15, 0.2) is 0 Å². The van der Waals surface area contributed by atoms with Gasteiger partial charge in [-0.05, 0) is 24.5 Å². The third-order valence-electron chi connectivity index (χ3n) is 1.57. The first kappa shape index (κ1) is 11.0. The maximum atomic E-state index is 3.70. The summed E-state index contributed by atoms with van der Waals surface area (Å²) < 4.78 is 0. The molecule has 0 radical (unpaired) electrons. The lowest BCUT2D eigenvalue weighted by Gasteiger charge is -2.07. The van der Waals surface area contributed by atoms with Gasteiger partial charge in [0, 0.05) is 12.2 Å². The van der Waals surface area contributed by atoms with Crippen LogP contribution in [-0.4, -0.2) is 6.54 Å². The molecule has 0 atom stereocenters. The second-order valence-corrected chi connectivity index (χ2v) is 3.17. The van der Waals surface area contributed by atoms with Crippen LogP contribution in [0.1, 0.15) is 20.3 Å². The van der Waals surface area contributed by atoms with Crippen molar-refractivity contribution in [1.82, 2.24) is 5.32 Å². The molecule has 0 rings (SSSR count). The molecule has 0 unspecified atom stereocenters. The van der Waals surface area contributed by atoms with Gasteiger partial charge in [-0.3, -0.25) is 0 Å². The minimum Gasteiger partial charge on any atom is -0.385 e. The van der Waals surface area contributed by atoms with Crippen LogP contribution in [0.5, 0.6) is 0 Å². The number of allylic oxidation sites excluding steroid dienone is 3. The largest absolute Gasteiger partial charge is 0.385 e. The Kier molecular flexibility index (Phi) is 6.16. The van der Waals surface area contributed by atoms with Crippen molar-refractivity contribution in [1.29, 1.82) is 0 Å². The van der Waals surface area contributed by atoms with Crippen LogP contribution in [0.25, 0.3) is 0 Å². The normalized spacial score (nSPS) is 11.4. The molecule has 0 spiro atoms. The Morgan fingerprint density at radius 1 is 1.42 bits per heavy atom. The fourth-order valence-corrected chi connectivity index (χ4v) is 0.831. The SMILES string of the molecule is C=C/C=C(\C=C)NCCC(C)C. The Morgan fingerprint density at radius 3 is 2.50 bits per heavy atom. The van der Waals surface area contributed by atoms with E-state index in [0.29, 0.717) is 0 Å². The first-order valence-corrected chi connectivity index (χ1v) is 4.39. The van der Waals surface area contributed by atoms with E-state index in [1.54, 1.807) is 6.08 Å². The Bertz CT molecular complexity index is 166. The summed E-state index contributed by atoms with van der Waals surface area (Å²) in [6, 6.07) is 0. The molecule has 0 saturated carbocycles. The van der Waals surface area contributed by atoms with E-state index in [-0.39, 0.29) is 0 Å². The topological polar surface area (TPSA) is 12.0 Å². The standard InChI is InChI=1S/C11H19N/c1-5-7-11(6-2)12-9-8-10(3)4/h5-7,10,12H,1-2,8-9H2,3-4H3/b11-7+. The minimum absolute atomic E-state index is 0.743. The van der Waals surface area contributed by atoms with E-state index >= 15 is 0 Å². The Morgan fingerprint density at radius 2 is 2.08 bits per heavy atom. The molecule has 0 saturated heterocycles. The number of hydrogen-bond donors (Lipinski definition) is 1. The smallest absolute Gasteiger partial charge is 0.0333 e. The van der Waals surface area contributed by atoms with Gasteiger partial charge in [-0.1, -0.05) is 33.1 Å². The maximum absolute atomic E-state index is 3.70. The molecule has 0 amide bonds. The highest BCUT2D eigenvalue weighted by atomic mass is 14.9. The van der Waals surface area contributed by atoms with Crippen molar-refractivity contribution in [2.24, 2.45) is 5.92 Å². The summed E-state index contributed by atoms with van der Waals surface area (Å²) in [5.74, 6) is 0.743. The van der Waals surface area contributed by atoms with E-state index in [0.717, 1.165) is 18.2 Å². The lowest BCUT2D eigenvalue weighted by Crippen LogP contribution is -2.14. The van der Waals surface area contributed by atoms with Crippen LogP contribution in [-0.2, 0) is 0 Å². The van der Waals surface area contributed by atoms with Gasteiger partial charge in [-0.25, -0.2) is 0 Å². The Labute approximate surface area is 75.9 Å². The van der Waals surface area contributed by atoms with E-state index in [4.69, 9.17) is 0 Å². The first-order chi connectivity index (χ1) is 5.70. The highest BCUT2D eigenvalue weighted by Gasteiger charge is 1.93. The number of hydrogen-bond acceptors (Lipinski definition) is 1. The number of nitrogens with one attached hydrogen (secondary N) is 1. The van der Waals surface area contributed by atoms with Crippen LogP contribution in [0, 0.1) is 5.92 Å². The predicted molar refractivity (Wildman–Crippen MR) is 55.9 cm³/mol. The molecule has 0 aliphatic rings. The molecule has 0 aromatic heterocycles. The van der Waals surface area contributed by atoms with Gasteiger partial charge < -0.3 is 5.32 Å². The van der Waals surface area contributed by atoms with E-state index in [1.807, 2.05) is 12.2 Å². The van der Waals surface area contributed by atoms with Crippen LogP contribution >= 0.6 is 0 Å². The highest BCUT2D eigenvalue weighted by molar-refractivity contribution is 5.18. The predicted octanol–water partition coefficient (Wildman–Crippen LogP) is 2.88. The Balaban J connectivity index is 3.66. The van der Waals surface area contributed by atoms with E-state index < -0.39 is 0 Å². The van der Waals surface area contributed by atoms with Gasteiger partial charge in [0.2, 0.25) is 0 Å². The summed E-state index contributed by atoms with van der Waals surface area (Å²) in [5, 5.41) is 3.27. The molecule has 68 valence electrons. The third-order valence-corrected chi connectivity index (χ3v) is 1.57. The molecule has 0 heterocycles. The average molecular weight is 165 g/mol. The third kappa shape index (κ3) is 5.78. The van der Waals surface area contributed by atoms with Gasteiger partial charge in [0.1, 0.15) is 0 Å². The molecule has 1 nitrogen and oxygen atoms in total. The zero-order chi connectivity index (χ0) is 9.40. The van der Waals surface area contributed by atoms with Gasteiger partial charge in [0.25, 0.3) is 0 Å². The first-order valence-electron chi connectivity index (χ1n) is 4.39. The second-order valence-electron chi connectivity index (χ2n) is 3.17. The zero-order valence-electron chi connectivity index (χ0n) is 8.14. The molecule has 0 aromatic rings. The molecule has 0 bridgehead atoms. The molecule has 0 aliphatic carbocycles. The van der Waals surface area contributed by atoms with Crippen LogP contribution in [0.4, 0.5) is 0 Å². The van der Waals surface area contributed by atoms with Crippen molar-refractivity contribution in [3.05, 3.63) is 37.1 Å². The van der Waals surface area contributed by atoms with Crippen LogP contribution in [0.2, 0.25) is 0 Å². The quantitative estimate of drug-likeness (QED) is 0.597. The molecule has 1 N–H and O–H groups in total. The summed E-state index contributed by atoms with van der Waals surface area (Å²) in [6.07, 6.45) is 6.68. The lowest BCUT2D eigenvalue weighted by atomic mass is 10.1. The molecular formula is C11H19N. The van der Waals surface area contributed by atoms with Crippen LogP contribution in [0.15, 0.2) is 37.1 Å². The molecule has 12 heavy (non-hydrogen) atoms. The maximum Gasteiger partial charge on any atom is 0.0333 e. The molecular weight excluding hydrogens is 146 g/mol. The van der Waals surface area contributed by atoms with E-state index in [9.17, 15) is 0 Å². The number of rotatable bonds is 6. The fourth-order valence-electron chi connectivity index (χ4n) is 0.831. The second kappa shape index (κ2) is 6.71. The van der Waals surface area contributed by atoms with Gasteiger partial charge in [-0.15, -0.1) is 0 Å². The minimum atomic E-state index is 0.743. The molecule has 0 fully saturated rings. The summed E-state index contributed by atoms with van der Waals surface area (Å²) in [7, 11) is 0. The van der Waals surface area contributed by atoms with Crippen molar-refractivity contribution < 1.29 is 0 Å². The van der Waals surface area contributed by atoms with E-state index in [1.165, 1.54) is 6.42 Å². The summed E-state index contributed by atoms with van der Waals surface area (Å²) in [6.45, 7) is 12.8. The van der Waals surface area contributed by atoms with Crippen LogP contribution < -0.4 is 5.32 Å². The van der Waals surface area contributed by atoms with Crippen molar-refractivity contribution in [3.8, 4) is 0 Å². The molecule has 0 aromatic carbocycles. The fraction of sp³-hybridized carbons (Fsp3) is 0.455. The average Bonchev–Trinajstić information content (AvgIpc) is 2.02. The van der Waals surface area contributed by atoms with Gasteiger partial charge in [-0.2, -0.15) is 0 Å². The lowest BCUT2D eigenvalue weighted by molar-refractivity contribution is 0.566. The van der Waals surface area contributed by atoms with Crippen molar-refractivity contribution >= 4 is 0 Å². The summed E-state index contributed by atoms with van der Waals surface area (Å²) in [5.41, 5.74) is 1.05. The molecule has 0 aliphatic heterocycles. The summed E-state index contributed by atoms with van der Waals surface area (Å²) >= 11 is 0. The van der Waals surface area contributed by atoms with Crippen molar-refractivity contribution in [3.63, 3.8) is 0 Å². The summed E-state index contributed by atoms with van der Waals surface area (Å²) in [4.78, 5) is 0. The Hall–Kier alpha value is -0.980. The van der Waals surface area contributed by atoms with E-state index in [2.05, 4.69) is 32.3 Å². The highest BCUT2D eigenvalue weighted by Crippen LogP contribution is 1.98. The van der Waals surface area contributed by atoms with Crippen LogP contribution in [0.3, 0.4) is 0 Å². The van der Waals surface area contributed by atoms with Gasteiger partial charge >= 0.3 is 0 Å². The van der Waals surface area contributed by atoms with Gasteiger partial charge in [0.05, 0.1) is 0 Å². The monoisotopic (exact) mass is 165 g/mol.